The van der Waals surface area contributed by atoms with Crippen LogP contribution in [0.25, 0.3) is 0 Å². The fourth-order valence-electron chi connectivity index (χ4n) is 1.56. The van der Waals surface area contributed by atoms with E-state index in [1.54, 1.807) is 11.3 Å². The number of hydrogen-bond acceptors (Lipinski definition) is 3. The van der Waals surface area contributed by atoms with Gasteiger partial charge in [0.25, 0.3) is 0 Å². The second kappa shape index (κ2) is 5.70. The van der Waals surface area contributed by atoms with Gasteiger partial charge < -0.3 is 5.73 Å². The van der Waals surface area contributed by atoms with Crippen molar-refractivity contribution in [3.05, 3.63) is 49.3 Å². The Bertz CT molecular complexity index is 554. The molecule has 0 saturated heterocycles. The molecule has 2 nitrogen and oxygen atoms in total. The fourth-order valence-corrected chi connectivity index (χ4v) is 3.08. The first kappa shape index (κ1) is 14.0. The van der Waals surface area contributed by atoms with Crippen LogP contribution in [0.1, 0.15) is 42.1 Å². The van der Waals surface area contributed by atoms with Gasteiger partial charge in [-0.25, -0.2) is 4.98 Å². The fraction of sp³-hybridized carbons (Fsp3) is 0.308. The zero-order chi connectivity index (χ0) is 13.3. The van der Waals surface area contributed by atoms with Crippen LogP contribution in [0.4, 0.5) is 0 Å². The van der Waals surface area contributed by atoms with E-state index in [4.69, 9.17) is 17.3 Å². The molecule has 96 valence electrons. The molecule has 0 amide bonds. The number of halogens is 2. The van der Waals surface area contributed by atoms with E-state index in [0.717, 1.165) is 20.7 Å². The highest BCUT2D eigenvalue weighted by atomic mass is 79.9. The molecule has 0 aliphatic rings. The molecule has 2 N–H and O–H groups in total. The van der Waals surface area contributed by atoms with E-state index < -0.39 is 0 Å². The van der Waals surface area contributed by atoms with Gasteiger partial charge in [0.15, 0.2) is 0 Å². The normalized spacial score (nSPS) is 13.0. The van der Waals surface area contributed by atoms with Gasteiger partial charge in [-0.1, -0.05) is 31.5 Å². The average Bonchev–Trinajstić information content (AvgIpc) is 2.81. The number of benzene rings is 1. The molecule has 0 aliphatic carbocycles. The maximum absolute atomic E-state index is 6.23. The van der Waals surface area contributed by atoms with Gasteiger partial charge in [0.1, 0.15) is 5.01 Å². The smallest absolute Gasteiger partial charge is 0.114 e. The van der Waals surface area contributed by atoms with Crippen LogP contribution in [-0.2, 0) is 0 Å². The van der Waals surface area contributed by atoms with Gasteiger partial charge in [-0.3, -0.25) is 0 Å². The summed E-state index contributed by atoms with van der Waals surface area (Å²) in [5, 5.41) is 3.70. The summed E-state index contributed by atoms with van der Waals surface area (Å²) in [6, 6.07) is 5.53. The molecule has 1 aromatic carbocycles. The van der Waals surface area contributed by atoms with Gasteiger partial charge in [-0.2, -0.15) is 0 Å². The Labute approximate surface area is 124 Å². The number of nitrogens with two attached hydrogens (primary N) is 1. The summed E-state index contributed by atoms with van der Waals surface area (Å²) in [5.74, 6) is 0.430. The molecule has 5 heteroatoms. The zero-order valence-corrected chi connectivity index (χ0v) is 13.3. The highest BCUT2D eigenvalue weighted by Crippen LogP contribution is 2.30. The molecule has 2 rings (SSSR count). The second-order valence-corrected chi connectivity index (χ2v) is 6.57. The molecular formula is C13H14BrClN2S. The van der Waals surface area contributed by atoms with Crippen LogP contribution in [0.5, 0.6) is 0 Å². The SMILES string of the molecule is CC(C)c1csc(C(N)c2ccc(Cl)c(Br)c2)n1. The van der Waals surface area contributed by atoms with Crippen LogP contribution >= 0.6 is 38.9 Å². The quantitative estimate of drug-likeness (QED) is 0.873. The molecule has 0 bridgehead atoms. The summed E-state index contributed by atoms with van der Waals surface area (Å²) >= 11 is 11.0. The Kier molecular flexibility index (Phi) is 4.43. The lowest BCUT2D eigenvalue weighted by Crippen LogP contribution is -2.11. The van der Waals surface area contributed by atoms with E-state index in [9.17, 15) is 0 Å². The minimum absolute atomic E-state index is 0.198. The van der Waals surface area contributed by atoms with E-state index in [-0.39, 0.29) is 6.04 Å². The van der Waals surface area contributed by atoms with E-state index in [0.29, 0.717) is 10.9 Å². The summed E-state index contributed by atoms with van der Waals surface area (Å²) in [6.45, 7) is 4.26. The van der Waals surface area contributed by atoms with Crippen LogP contribution in [0.3, 0.4) is 0 Å². The molecule has 1 unspecified atom stereocenters. The average molecular weight is 346 g/mol. The lowest BCUT2D eigenvalue weighted by molar-refractivity contribution is 0.795. The Morgan fingerprint density at radius 3 is 2.67 bits per heavy atom. The van der Waals surface area contributed by atoms with Gasteiger partial charge in [0, 0.05) is 9.85 Å². The van der Waals surface area contributed by atoms with Crippen molar-refractivity contribution >= 4 is 38.9 Å². The van der Waals surface area contributed by atoms with Crippen LogP contribution in [0.2, 0.25) is 5.02 Å². The molecule has 0 saturated carbocycles. The highest BCUT2D eigenvalue weighted by Gasteiger charge is 2.15. The Hall–Kier alpha value is -0.420. The van der Waals surface area contributed by atoms with Crippen LogP contribution in [0, 0.1) is 0 Å². The van der Waals surface area contributed by atoms with E-state index >= 15 is 0 Å². The lowest BCUT2D eigenvalue weighted by Gasteiger charge is -2.10. The van der Waals surface area contributed by atoms with Crippen molar-refractivity contribution in [3.63, 3.8) is 0 Å². The monoisotopic (exact) mass is 344 g/mol. The van der Waals surface area contributed by atoms with E-state index in [1.807, 2.05) is 18.2 Å². The van der Waals surface area contributed by atoms with E-state index in [1.165, 1.54) is 0 Å². The number of rotatable bonds is 3. The molecule has 1 heterocycles. The van der Waals surface area contributed by atoms with Crippen molar-refractivity contribution in [1.29, 1.82) is 0 Å². The largest absolute Gasteiger partial charge is 0.318 e. The molecule has 18 heavy (non-hydrogen) atoms. The van der Waals surface area contributed by atoms with Gasteiger partial charge in [0.2, 0.25) is 0 Å². The summed E-state index contributed by atoms with van der Waals surface area (Å²) in [4.78, 5) is 4.58. The van der Waals surface area contributed by atoms with Crippen molar-refractivity contribution in [2.75, 3.05) is 0 Å². The van der Waals surface area contributed by atoms with Gasteiger partial charge in [-0.15, -0.1) is 11.3 Å². The first-order chi connectivity index (χ1) is 8.49. The van der Waals surface area contributed by atoms with Crippen molar-refractivity contribution in [3.8, 4) is 0 Å². The summed E-state index contributed by atoms with van der Waals surface area (Å²) in [7, 11) is 0. The van der Waals surface area contributed by atoms with Crippen molar-refractivity contribution < 1.29 is 0 Å². The van der Waals surface area contributed by atoms with Crippen molar-refractivity contribution in [1.82, 2.24) is 4.98 Å². The number of aromatic nitrogens is 1. The maximum Gasteiger partial charge on any atom is 0.114 e. The Morgan fingerprint density at radius 2 is 2.11 bits per heavy atom. The number of thiazole rings is 1. The lowest BCUT2D eigenvalue weighted by atomic mass is 10.1. The summed E-state index contributed by atoms with van der Waals surface area (Å²) < 4.78 is 0.859. The minimum atomic E-state index is -0.198. The third-order valence-corrected chi connectivity index (χ3v) is 4.86. The van der Waals surface area contributed by atoms with Crippen molar-refractivity contribution in [2.45, 2.75) is 25.8 Å². The van der Waals surface area contributed by atoms with E-state index in [2.05, 4.69) is 40.1 Å². The molecule has 0 radical (unpaired) electrons. The Morgan fingerprint density at radius 1 is 1.39 bits per heavy atom. The van der Waals surface area contributed by atoms with Gasteiger partial charge in [0.05, 0.1) is 16.8 Å². The number of hydrogen-bond donors (Lipinski definition) is 1. The molecule has 0 spiro atoms. The molecule has 1 aromatic heterocycles. The standard InChI is InChI=1S/C13H14BrClN2S/c1-7(2)11-6-18-13(17-11)12(16)8-3-4-10(15)9(14)5-8/h3-7,12H,16H2,1-2H3. The third-order valence-electron chi connectivity index (χ3n) is 2.70. The van der Waals surface area contributed by atoms with Crippen molar-refractivity contribution in [2.24, 2.45) is 5.73 Å². The third kappa shape index (κ3) is 2.94. The second-order valence-electron chi connectivity index (χ2n) is 4.42. The zero-order valence-electron chi connectivity index (χ0n) is 10.2. The van der Waals surface area contributed by atoms with Crippen LogP contribution in [-0.4, -0.2) is 4.98 Å². The predicted molar refractivity (Wildman–Crippen MR) is 81.4 cm³/mol. The minimum Gasteiger partial charge on any atom is -0.318 e. The van der Waals surface area contributed by atoms with Gasteiger partial charge >= 0.3 is 0 Å². The first-order valence-corrected chi connectivity index (χ1v) is 7.70. The molecule has 1 atom stereocenters. The number of nitrogens with zero attached hydrogens (tertiary/aromatic N) is 1. The molecule has 0 aliphatic heterocycles. The molecule has 0 fully saturated rings. The Balaban J connectivity index is 2.29. The highest BCUT2D eigenvalue weighted by molar-refractivity contribution is 9.10. The topological polar surface area (TPSA) is 38.9 Å². The summed E-state index contributed by atoms with van der Waals surface area (Å²) in [6.07, 6.45) is 0. The maximum atomic E-state index is 6.23. The predicted octanol–water partition coefficient (Wildman–Crippen LogP) is 4.73. The first-order valence-electron chi connectivity index (χ1n) is 5.65. The van der Waals surface area contributed by atoms with Gasteiger partial charge in [-0.05, 0) is 39.5 Å². The van der Waals surface area contributed by atoms with Crippen LogP contribution < -0.4 is 5.73 Å². The van der Waals surface area contributed by atoms with Crippen LogP contribution in [0.15, 0.2) is 28.1 Å². The molecular weight excluding hydrogens is 332 g/mol. The molecule has 2 aromatic rings. The summed E-state index contributed by atoms with van der Waals surface area (Å²) in [5.41, 5.74) is 8.34.